The maximum atomic E-state index is 12.9. The lowest BCUT2D eigenvalue weighted by Crippen LogP contribution is -2.56. The van der Waals surface area contributed by atoms with Gasteiger partial charge in [-0.3, -0.25) is 14.4 Å². The van der Waals surface area contributed by atoms with Crippen molar-refractivity contribution in [2.24, 2.45) is 5.92 Å². The van der Waals surface area contributed by atoms with Crippen LogP contribution in [0.5, 0.6) is 0 Å². The van der Waals surface area contributed by atoms with Gasteiger partial charge in [-0.25, -0.2) is 4.79 Å². The Morgan fingerprint density at radius 3 is 2.72 bits per heavy atom. The average Bonchev–Trinajstić information content (AvgIpc) is 3.20. The normalized spacial score (nSPS) is 17.4. The lowest BCUT2D eigenvalue weighted by Gasteiger charge is -2.24. The predicted molar refractivity (Wildman–Crippen MR) is 110 cm³/mol. The van der Waals surface area contributed by atoms with Crippen molar-refractivity contribution >= 4 is 23.7 Å². The number of nitrogens with zero attached hydrogens (tertiary/aromatic N) is 1. The maximum absolute atomic E-state index is 12.9. The lowest BCUT2D eigenvalue weighted by atomic mass is 10.0. The fourth-order valence-corrected chi connectivity index (χ4v) is 3.01. The van der Waals surface area contributed by atoms with Crippen LogP contribution in [0.25, 0.3) is 0 Å². The summed E-state index contributed by atoms with van der Waals surface area (Å²) in [7, 11) is 1.55. The minimum atomic E-state index is -1.17. The van der Waals surface area contributed by atoms with E-state index in [1.807, 2.05) is 0 Å². The van der Waals surface area contributed by atoms with E-state index in [0.717, 1.165) is 5.56 Å². The highest BCUT2D eigenvalue weighted by Gasteiger charge is 2.33. The highest BCUT2D eigenvalue weighted by Crippen LogP contribution is 2.14. The molecule has 12 nitrogen and oxygen atoms in total. The van der Waals surface area contributed by atoms with Crippen LogP contribution in [0.3, 0.4) is 0 Å². The number of methoxy groups -OCH3 is 1. The van der Waals surface area contributed by atoms with E-state index in [1.165, 1.54) is 6.20 Å². The van der Waals surface area contributed by atoms with Crippen LogP contribution in [-0.2, 0) is 41.4 Å². The molecule has 1 aromatic heterocycles. The number of rotatable bonds is 10. The predicted octanol–water partition coefficient (Wildman–Crippen LogP) is -0.643. The van der Waals surface area contributed by atoms with Gasteiger partial charge in [-0.15, -0.1) is 0 Å². The largest absolute Gasteiger partial charge is 0.447 e. The summed E-state index contributed by atoms with van der Waals surface area (Å²) in [5, 5.41) is 11.3. The van der Waals surface area contributed by atoms with Gasteiger partial charge in [-0.1, -0.05) is 19.0 Å². The van der Waals surface area contributed by atoms with Gasteiger partial charge >= 0.3 is 6.09 Å². The first kappa shape index (κ1) is 25.3. The van der Waals surface area contributed by atoms with Crippen LogP contribution in [0.4, 0.5) is 4.79 Å². The lowest BCUT2D eigenvalue weighted by molar-refractivity contribution is -0.140. The molecule has 1 aliphatic heterocycles. The Labute approximate surface area is 185 Å². The molecule has 1 aliphatic rings. The van der Waals surface area contributed by atoms with Crippen LogP contribution in [-0.4, -0.2) is 81.0 Å². The summed E-state index contributed by atoms with van der Waals surface area (Å²) in [6.45, 7) is 4.67. The fourth-order valence-electron chi connectivity index (χ4n) is 3.01. The monoisotopic (exact) mass is 454 g/mol. The first-order valence-corrected chi connectivity index (χ1v) is 10.4. The highest BCUT2D eigenvalue weighted by molar-refractivity contribution is 6.38. The SMILES string of the molecule is COCCOCCOC(=O)NC(C(=O)NC1Cc2oncc2CCNC(=O)C1=O)C(C)C. The first-order chi connectivity index (χ1) is 15.3. The van der Waals surface area contributed by atoms with Gasteiger partial charge in [0, 0.05) is 25.6 Å². The number of amides is 3. The van der Waals surface area contributed by atoms with E-state index in [4.69, 9.17) is 18.7 Å². The van der Waals surface area contributed by atoms with Gasteiger partial charge in [0.2, 0.25) is 11.7 Å². The van der Waals surface area contributed by atoms with Gasteiger partial charge in [-0.2, -0.15) is 0 Å². The number of alkyl carbamates (subject to hydrolysis) is 1. The Morgan fingerprint density at radius 2 is 2.00 bits per heavy atom. The van der Waals surface area contributed by atoms with E-state index in [0.29, 0.717) is 25.4 Å². The molecule has 2 unspecified atom stereocenters. The Bertz CT molecular complexity index is 794. The molecule has 0 aliphatic carbocycles. The van der Waals surface area contributed by atoms with Crippen molar-refractivity contribution in [3.8, 4) is 0 Å². The van der Waals surface area contributed by atoms with Crippen molar-refractivity contribution in [2.75, 3.05) is 40.1 Å². The van der Waals surface area contributed by atoms with Gasteiger partial charge in [-0.05, 0) is 12.3 Å². The molecule has 1 aromatic rings. The van der Waals surface area contributed by atoms with E-state index < -0.39 is 35.8 Å². The number of hydrogen-bond acceptors (Lipinski definition) is 9. The molecule has 0 fully saturated rings. The zero-order valence-corrected chi connectivity index (χ0v) is 18.5. The molecule has 2 atom stereocenters. The zero-order chi connectivity index (χ0) is 23.5. The topological polar surface area (TPSA) is 158 Å². The van der Waals surface area contributed by atoms with Crippen molar-refractivity contribution < 1.29 is 37.9 Å². The Balaban J connectivity index is 1.97. The molecule has 2 heterocycles. The molecule has 0 saturated carbocycles. The van der Waals surface area contributed by atoms with Crippen LogP contribution >= 0.6 is 0 Å². The van der Waals surface area contributed by atoms with Gasteiger partial charge in [0.05, 0.1) is 26.0 Å². The Morgan fingerprint density at radius 1 is 1.25 bits per heavy atom. The number of ether oxygens (including phenoxy) is 3. The molecular weight excluding hydrogens is 424 g/mol. The van der Waals surface area contributed by atoms with Gasteiger partial charge in [0.25, 0.3) is 5.91 Å². The van der Waals surface area contributed by atoms with E-state index in [-0.39, 0.29) is 32.1 Å². The summed E-state index contributed by atoms with van der Waals surface area (Å²) in [5.41, 5.74) is 0.745. The standard InChI is InChI=1S/C20H30N4O8/c1-12(2)16(24-20(28)31-9-8-30-7-6-29-3)18(26)23-14-10-15-13(11-22-32-15)4-5-21-19(27)17(14)25/h11-12,14,16H,4-10H2,1-3H3,(H,21,27)(H,23,26)(H,24,28). The van der Waals surface area contributed by atoms with Crippen LogP contribution in [0.15, 0.2) is 10.7 Å². The van der Waals surface area contributed by atoms with E-state index in [1.54, 1.807) is 21.0 Å². The molecule has 2 rings (SSSR count). The van der Waals surface area contributed by atoms with Gasteiger partial charge in [0.15, 0.2) is 0 Å². The number of carbonyl (C=O) groups is 4. The molecule has 3 N–H and O–H groups in total. The fraction of sp³-hybridized carbons (Fsp3) is 0.650. The van der Waals surface area contributed by atoms with Gasteiger partial charge in [0.1, 0.15) is 24.5 Å². The summed E-state index contributed by atoms with van der Waals surface area (Å²) in [5.74, 6) is -2.13. The first-order valence-electron chi connectivity index (χ1n) is 10.4. The van der Waals surface area contributed by atoms with Crippen molar-refractivity contribution in [1.29, 1.82) is 0 Å². The third-order valence-corrected chi connectivity index (χ3v) is 4.77. The number of ketones is 1. The van der Waals surface area contributed by atoms with Crippen molar-refractivity contribution in [2.45, 2.75) is 38.8 Å². The number of fused-ring (bicyclic) bond motifs is 1. The molecule has 178 valence electrons. The van der Waals surface area contributed by atoms with Crippen LogP contribution in [0, 0.1) is 5.92 Å². The van der Waals surface area contributed by atoms with Gasteiger partial charge < -0.3 is 34.7 Å². The molecule has 0 aromatic carbocycles. The van der Waals surface area contributed by atoms with Crippen LogP contribution in [0.1, 0.15) is 25.2 Å². The summed E-state index contributed by atoms with van der Waals surface area (Å²) < 4.78 is 20.3. The third-order valence-electron chi connectivity index (χ3n) is 4.77. The molecular formula is C20H30N4O8. The molecule has 0 saturated heterocycles. The minimum Gasteiger partial charge on any atom is -0.447 e. The quantitative estimate of drug-likeness (QED) is 0.309. The smallest absolute Gasteiger partial charge is 0.407 e. The third kappa shape index (κ3) is 7.61. The summed E-state index contributed by atoms with van der Waals surface area (Å²) in [6, 6.07) is -2.16. The van der Waals surface area contributed by atoms with Crippen molar-refractivity contribution in [3.05, 3.63) is 17.5 Å². The summed E-state index contributed by atoms with van der Waals surface area (Å²) in [6.07, 6.45) is 1.14. The molecule has 0 spiro atoms. The van der Waals surface area contributed by atoms with Crippen molar-refractivity contribution in [1.82, 2.24) is 21.1 Å². The highest BCUT2D eigenvalue weighted by atomic mass is 16.6. The Kier molecular flexibility index (Phi) is 10.1. The molecule has 0 radical (unpaired) electrons. The Hall–Kier alpha value is -2.99. The van der Waals surface area contributed by atoms with E-state index >= 15 is 0 Å². The molecule has 32 heavy (non-hydrogen) atoms. The number of carbonyl (C=O) groups excluding carboxylic acids is 4. The number of nitrogens with one attached hydrogen (secondary N) is 3. The van der Waals surface area contributed by atoms with E-state index in [9.17, 15) is 19.2 Å². The zero-order valence-electron chi connectivity index (χ0n) is 18.5. The number of Topliss-reactive ketones (excluding diaryl/α,β-unsaturated/α-hetero) is 1. The molecule has 0 bridgehead atoms. The van der Waals surface area contributed by atoms with Crippen LogP contribution < -0.4 is 16.0 Å². The molecule has 3 amide bonds. The maximum Gasteiger partial charge on any atom is 0.407 e. The summed E-state index contributed by atoms with van der Waals surface area (Å²) in [4.78, 5) is 49.6. The van der Waals surface area contributed by atoms with Crippen molar-refractivity contribution in [3.63, 3.8) is 0 Å². The molecule has 12 heteroatoms. The van der Waals surface area contributed by atoms with Crippen LogP contribution in [0.2, 0.25) is 0 Å². The minimum absolute atomic E-state index is 0.00245. The number of aromatic nitrogens is 1. The number of hydrogen-bond donors (Lipinski definition) is 3. The summed E-state index contributed by atoms with van der Waals surface area (Å²) >= 11 is 0. The second kappa shape index (κ2) is 12.8. The second-order valence-corrected chi connectivity index (χ2v) is 7.52. The van der Waals surface area contributed by atoms with E-state index in [2.05, 4.69) is 21.1 Å². The average molecular weight is 454 g/mol. The second-order valence-electron chi connectivity index (χ2n) is 7.52.